The van der Waals surface area contributed by atoms with Crippen molar-refractivity contribution in [1.82, 2.24) is 0 Å². The minimum absolute atomic E-state index is 0.223. The summed E-state index contributed by atoms with van der Waals surface area (Å²) < 4.78 is 0. The number of rotatable bonds is 11. The molecule has 24 heavy (non-hydrogen) atoms. The quantitative estimate of drug-likeness (QED) is 0.344. The third-order valence-corrected chi connectivity index (χ3v) is 4.08. The van der Waals surface area contributed by atoms with E-state index in [-0.39, 0.29) is 12.2 Å². The molecule has 1 atom stereocenters. The van der Waals surface area contributed by atoms with Crippen molar-refractivity contribution in [2.24, 2.45) is 0 Å². The van der Waals surface area contributed by atoms with Crippen LogP contribution in [0.15, 0.2) is 59.9 Å². The van der Waals surface area contributed by atoms with E-state index < -0.39 is 5.60 Å². The van der Waals surface area contributed by atoms with Crippen LogP contribution in [0, 0.1) is 0 Å². The summed E-state index contributed by atoms with van der Waals surface area (Å²) in [6, 6.07) is 0. The highest BCUT2D eigenvalue weighted by atomic mass is 16.3. The molecule has 0 saturated heterocycles. The summed E-state index contributed by atoms with van der Waals surface area (Å²) >= 11 is 0. The number of aliphatic hydroxyl groups excluding tert-OH is 1. The molecule has 1 unspecified atom stereocenters. The van der Waals surface area contributed by atoms with Crippen LogP contribution in [0.5, 0.6) is 0 Å². The minimum atomic E-state index is -0.960. The maximum atomic E-state index is 9.98. The van der Waals surface area contributed by atoms with Crippen molar-refractivity contribution >= 4 is 0 Å². The lowest BCUT2D eigenvalue weighted by Gasteiger charge is -2.23. The molecular weight excluding hydrogens is 296 g/mol. The van der Waals surface area contributed by atoms with Crippen LogP contribution in [0.3, 0.4) is 0 Å². The fourth-order valence-electron chi connectivity index (χ4n) is 2.85. The molecule has 134 valence electrons. The van der Waals surface area contributed by atoms with Crippen LogP contribution in [-0.2, 0) is 0 Å². The Morgan fingerprint density at radius 2 is 1.67 bits per heavy atom. The van der Waals surface area contributed by atoms with Gasteiger partial charge in [-0.25, -0.2) is 0 Å². The second-order valence-electron chi connectivity index (χ2n) is 6.90. The Labute approximate surface area is 148 Å². The van der Waals surface area contributed by atoms with E-state index in [9.17, 15) is 10.2 Å². The fourth-order valence-corrected chi connectivity index (χ4v) is 2.85. The molecule has 0 spiro atoms. The van der Waals surface area contributed by atoms with Gasteiger partial charge in [-0.05, 0) is 37.5 Å². The van der Waals surface area contributed by atoms with Crippen molar-refractivity contribution in [3.05, 3.63) is 59.9 Å². The first-order valence-corrected chi connectivity index (χ1v) is 9.38. The van der Waals surface area contributed by atoms with Gasteiger partial charge in [0, 0.05) is 6.42 Å². The summed E-state index contributed by atoms with van der Waals surface area (Å²) in [6.07, 6.45) is 26.4. The van der Waals surface area contributed by atoms with E-state index in [0.29, 0.717) is 0 Å². The van der Waals surface area contributed by atoms with Gasteiger partial charge in [0.15, 0.2) is 0 Å². The number of allylic oxidation sites excluding steroid dienone is 8. The number of unbranched alkanes of at least 4 members (excludes halogenated alkanes) is 7. The first kappa shape index (κ1) is 20.5. The van der Waals surface area contributed by atoms with Crippen molar-refractivity contribution in [1.29, 1.82) is 0 Å². The molecule has 0 aromatic rings. The molecule has 0 aliphatic heterocycles. The smallest absolute Gasteiger partial charge is 0.0960 e. The molecule has 0 radical (unpaired) electrons. The highest BCUT2D eigenvalue weighted by Crippen LogP contribution is 2.25. The monoisotopic (exact) mass is 330 g/mol. The van der Waals surface area contributed by atoms with Gasteiger partial charge in [0.05, 0.1) is 11.4 Å². The maximum Gasteiger partial charge on any atom is 0.0960 e. The highest BCUT2D eigenvalue weighted by Gasteiger charge is 2.22. The number of hydrogen-bond acceptors (Lipinski definition) is 2. The molecule has 0 bridgehead atoms. The molecule has 0 aromatic heterocycles. The van der Waals surface area contributed by atoms with Crippen LogP contribution in [0.4, 0.5) is 0 Å². The molecular formula is C22H34O2. The van der Waals surface area contributed by atoms with E-state index in [1.54, 1.807) is 19.1 Å². The Bertz CT molecular complexity index is 490. The largest absolute Gasteiger partial charge is 0.512 e. The van der Waals surface area contributed by atoms with E-state index >= 15 is 0 Å². The van der Waals surface area contributed by atoms with Crippen LogP contribution in [-0.4, -0.2) is 15.8 Å². The van der Waals surface area contributed by atoms with Crippen LogP contribution in [0.2, 0.25) is 0 Å². The fraction of sp³-hybridized carbons (Fsp3) is 0.545. The van der Waals surface area contributed by atoms with E-state index in [2.05, 4.69) is 19.1 Å². The van der Waals surface area contributed by atoms with E-state index in [1.165, 1.54) is 44.9 Å². The van der Waals surface area contributed by atoms with Crippen LogP contribution in [0.25, 0.3) is 0 Å². The molecule has 1 aliphatic carbocycles. The summed E-state index contributed by atoms with van der Waals surface area (Å²) in [7, 11) is 0. The van der Waals surface area contributed by atoms with E-state index in [1.807, 2.05) is 24.3 Å². The molecule has 1 rings (SSSR count). The zero-order chi connectivity index (χ0) is 17.7. The lowest BCUT2D eigenvalue weighted by molar-refractivity contribution is 0.0959. The van der Waals surface area contributed by atoms with Crippen molar-refractivity contribution in [3.8, 4) is 0 Å². The summed E-state index contributed by atoms with van der Waals surface area (Å²) in [5, 5.41) is 19.6. The van der Waals surface area contributed by atoms with Gasteiger partial charge in [-0.3, -0.25) is 0 Å². The van der Waals surface area contributed by atoms with Crippen LogP contribution >= 0.6 is 0 Å². The predicted molar refractivity (Wildman–Crippen MR) is 104 cm³/mol. The molecule has 0 heterocycles. The Morgan fingerprint density at radius 1 is 1.00 bits per heavy atom. The average Bonchev–Trinajstić information content (AvgIpc) is 2.50. The molecule has 2 N–H and O–H groups in total. The highest BCUT2D eigenvalue weighted by molar-refractivity contribution is 5.39. The molecule has 1 aliphatic rings. The second-order valence-corrected chi connectivity index (χ2v) is 6.90. The third-order valence-electron chi connectivity index (χ3n) is 4.08. The SMILES string of the molecule is CCCCCCCCCC=CC=CC=CC1=CC(C)(O)CC(O)=C1. The summed E-state index contributed by atoms with van der Waals surface area (Å²) in [5.74, 6) is 0.223. The van der Waals surface area contributed by atoms with Gasteiger partial charge >= 0.3 is 0 Å². The van der Waals surface area contributed by atoms with E-state index in [0.717, 1.165) is 12.0 Å². The Hall–Kier alpha value is -1.54. The first-order chi connectivity index (χ1) is 11.5. The van der Waals surface area contributed by atoms with Gasteiger partial charge in [0.25, 0.3) is 0 Å². The molecule has 0 amide bonds. The zero-order valence-corrected chi connectivity index (χ0v) is 15.4. The Kier molecular flexibility index (Phi) is 10.2. The summed E-state index contributed by atoms with van der Waals surface area (Å²) in [6.45, 7) is 3.95. The van der Waals surface area contributed by atoms with Crippen molar-refractivity contribution in [3.63, 3.8) is 0 Å². The average molecular weight is 331 g/mol. The van der Waals surface area contributed by atoms with Gasteiger partial charge in [0.1, 0.15) is 0 Å². The summed E-state index contributed by atoms with van der Waals surface area (Å²) in [4.78, 5) is 0. The van der Waals surface area contributed by atoms with Gasteiger partial charge in [-0.15, -0.1) is 0 Å². The molecule has 0 fully saturated rings. The standard InChI is InChI=1S/C22H34O2/c1-3-4-5-6-7-8-9-10-11-12-13-14-15-16-20-17-21(23)19-22(2,24)18-20/h11-18,23-24H,3-10,19H2,1-2H3. The van der Waals surface area contributed by atoms with Crippen LogP contribution in [0.1, 0.15) is 71.6 Å². The Balaban J connectivity index is 2.16. The van der Waals surface area contributed by atoms with Gasteiger partial charge < -0.3 is 10.2 Å². The molecule has 2 heteroatoms. The van der Waals surface area contributed by atoms with Crippen molar-refractivity contribution < 1.29 is 10.2 Å². The molecule has 2 nitrogen and oxygen atoms in total. The lowest BCUT2D eigenvalue weighted by Crippen LogP contribution is -2.24. The summed E-state index contributed by atoms with van der Waals surface area (Å²) in [5.41, 5.74) is -0.126. The third kappa shape index (κ3) is 10.3. The minimum Gasteiger partial charge on any atom is -0.512 e. The normalized spacial score (nSPS) is 21.8. The number of aliphatic hydroxyl groups is 2. The number of hydrogen-bond donors (Lipinski definition) is 2. The maximum absolute atomic E-state index is 9.98. The van der Waals surface area contributed by atoms with Gasteiger partial charge in [0.2, 0.25) is 0 Å². The van der Waals surface area contributed by atoms with Gasteiger partial charge in [-0.2, -0.15) is 0 Å². The van der Waals surface area contributed by atoms with Crippen molar-refractivity contribution in [2.45, 2.75) is 77.2 Å². The zero-order valence-electron chi connectivity index (χ0n) is 15.4. The van der Waals surface area contributed by atoms with Crippen molar-refractivity contribution in [2.75, 3.05) is 0 Å². The lowest BCUT2D eigenvalue weighted by atomic mass is 9.92. The molecule has 0 saturated carbocycles. The molecule has 0 aromatic carbocycles. The Morgan fingerprint density at radius 3 is 2.38 bits per heavy atom. The topological polar surface area (TPSA) is 40.5 Å². The predicted octanol–water partition coefficient (Wildman–Crippen LogP) is 6.32. The second kappa shape index (κ2) is 11.9. The van der Waals surface area contributed by atoms with Gasteiger partial charge in [-0.1, -0.05) is 81.9 Å². The van der Waals surface area contributed by atoms with E-state index in [4.69, 9.17) is 0 Å². The van der Waals surface area contributed by atoms with Crippen LogP contribution < -0.4 is 0 Å². The first-order valence-electron chi connectivity index (χ1n) is 9.38.